The zero-order valence-electron chi connectivity index (χ0n) is 11.6. The summed E-state index contributed by atoms with van der Waals surface area (Å²) in [6, 6.07) is 8.74. The van der Waals surface area contributed by atoms with Crippen LogP contribution in [-0.4, -0.2) is 54.2 Å². The fourth-order valence-electron chi connectivity index (χ4n) is 2.52. The molecule has 1 aliphatic rings. The first-order chi connectivity index (χ1) is 8.56. The number of β-amino-alcohol motifs (C(OH)–C–C–N with tert-alkyl or cyclic N) is 1. The Morgan fingerprint density at radius 1 is 1.39 bits per heavy atom. The Bertz CT molecular complexity index is 394. The maximum absolute atomic E-state index is 10.3. The molecule has 1 aromatic carbocycles. The van der Waals surface area contributed by atoms with Crippen molar-refractivity contribution in [3.8, 4) is 0 Å². The summed E-state index contributed by atoms with van der Waals surface area (Å²) in [4.78, 5) is 4.73. The third kappa shape index (κ3) is 3.31. The highest BCUT2D eigenvalue weighted by molar-refractivity contribution is 5.24. The van der Waals surface area contributed by atoms with Crippen LogP contribution in [0.3, 0.4) is 0 Å². The molecule has 0 aliphatic carbocycles. The van der Waals surface area contributed by atoms with Crippen LogP contribution in [0.25, 0.3) is 0 Å². The van der Waals surface area contributed by atoms with Gasteiger partial charge in [0.2, 0.25) is 0 Å². The van der Waals surface area contributed by atoms with Crippen LogP contribution >= 0.6 is 0 Å². The van der Waals surface area contributed by atoms with Gasteiger partial charge in [-0.1, -0.05) is 29.8 Å². The standard InChI is InChI=1S/C15H24N2O/c1-12-5-4-6-14(9-12)15(18)11-17-8-7-16(3)13(2)10-17/h4-6,9,13,15,18H,7-8,10-11H2,1-3H3. The van der Waals surface area contributed by atoms with Crippen LogP contribution in [-0.2, 0) is 0 Å². The van der Waals surface area contributed by atoms with Gasteiger partial charge in [-0.15, -0.1) is 0 Å². The Morgan fingerprint density at radius 3 is 2.83 bits per heavy atom. The molecule has 3 heteroatoms. The number of benzene rings is 1. The van der Waals surface area contributed by atoms with Crippen LogP contribution in [0.1, 0.15) is 24.2 Å². The maximum atomic E-state index is 10.3. The quantitative estimate of drug-likeness (QED) is 0.881. The molecule has 2 rings (SSSR count). The molecule has 2 atom stereocenters. The summed E-state index contributed by atoms with van der Waals surface area (Å²) in [6.45, 7) is 8.21. The third-order valence-electron chi connectivity index (χ3n) is 3.90. The summed E-state index contributed by atoms with van der Waals surface area (Å²) in [7, 11) is 2.17. The van der Waals surface area contributed by atoms with Crippen LogP contribution in [0.2, 0.25) is 0 Å². The number of hydrogen-bond donors (Lipinski definition) is 1. The number of aryl methyl sites for hydroxylation is 1. The molecule has 100 valence electrons. The molecule has 1 heterocycles. The minimum absolute atomic E-state index is 0.375. The molecule has 1 saturated heterocycles. The molecule has 1 N–H and O–H groups in total. The predicted octanol–water partition coefficient (Wildman–Crippen LogP) is 1.66. The van der Waals surface area contributed by atoms with E-state index in [0.29, 0.717) is 6.04 Å². The summed E-state index contributed by atoms with van der Waals surface area (Å²) in [5, 5.41) is 10.3. The molecule has 18 heavy (non-hydrogen) atoms. The Balaban J connectivity index is 1.93. The fourth-order valence-corrected chi connectivity index (χ4v) is 2.52. The molecule has 1 fully saturated rings. The van der Waals surface area contributed by atoms with Gasteiger partial charge in [0, 0.05) is 32.2 Å². The number of likely N-dealkylation sites (N-methyl/N-ethyl adjacent to an activating group) is 1. The smallest absolute Gasteiger partial charge is 0.0917 e. The average molecular weight is 248 g/mol. The zero-order chi connectivity index (χ0) is 13.1. The molecular formula is C15H24N2O. The van der Waals surface area contributed by atoms with Crippen molar-refractivity contribution in [2.75, 3.05) is 33.2 Å². The zero-order valence-corrected chi connectivity index (χ0v) is 11.6. The van der Waals surface area contributed by atoms with Gasteiger partial charge in [-0.25, -0.2) is 0 Å². The second kappa shape index (κ2) is 5.83. The molecule has 1 aliphatic heterocycles. The molecule has 0 aromatic heterocycles. The summed E-state index contributed by atoms with van der Waals surface area (Å²) >= 11 is 0. The van der Waals surface area contributed by atoms with Gasteiger partial charge >= 0.3 is 0 Å². The van der Waals surface area contributed by atoms with Gasteiger partial charge in [0.05, 0.1) is 6.10 Å². The summed E-state index contributed by atoms with van der Waals surface area (Å²) in [5.41, 5.74) is 2.24. The highest BCUT2D eigenvalue weighted by Gasteiger charge is 2.22. The van der Waals surface area contributed by atoms with E-state index in [-0.39, 0.29) is 6.10 Å². The molecular weight excluding hydrogens is 224 g/mol. The molecule has 0 amide bonds. The number of aliphatic hydroxyl groups excluding tert-OH is 1. The monoisotopic (exact) mass is 248 g/mol. The van der Waals surface area contributed by atoms with Crippen molar-refractivity contribution in [1.82, 2.24) is 9.80 Å². The van der Waals surface area contributed by atoms with E-state index in [2.05, 4.69) is 42.8 Å². The van der Waals surface area contributed by atoms with E-state index in [9.17, 15) is 5.11 Å². The summed E-state index contributed by atoms with van der Waals surface area (Å²) in [6.07, 6.45) is -0.375. The number of aliphatic hydroxyl groups is 1. The van der Waals surface area contributed by atoms with Crippen LogP contribution in [0.5, 0.6) is 0 Å². The van der Waals surface area contributed by atoms with Crippen molar-refractivity contribution < 1.29 is 5.11 Å². The van der Waals surface area contributed by atoms with Crippen LogP contribution in [0, 0.1) is 6.92 Å². The third-order valence-corrected chi connectivity index (χ3v) is 3.90. The van der Waals surface area contributed by atoms with Crippen LogP contribution in [0.15, 0.2) is 24.3 Å². The first-order valence-electron chi connectivity index (χ1n) is 6.73. The SMILES string of the molecule is Cc1cccc(C(O)CN2CCN(C)C(C)C2)c1. The first kappa shape index (κ1) is 13.5. The summed E-state index contributed by atoms with van der Waals surface area (Å²) in [5.74, 6) is 0. The van der Waals surface area contributed by atoms with Crippen LogP contribution < -0.4 is 0 Å². The van der Waals surface area contributed by atoms with Gasteiger partial charge in [-0.2, -0.15) is 0 Å². The Kier molecular flexibility index (Phi) is 4.38. The molecule has 0 bridgehead atoms. The van der Waals surface area contributed by atoms with Gasteiger partial charge in [-0.3, -0.25) is 4.90 Å². The van der Waals surface area contributed by atoms with Gasteiger partial charge in [0.25, 0.3) is 0 Å². The number of nitrogens with zero attached hydrogens (tertiary/aromatic N) is 2. The highest BCUT2D eigenvalue weighted by atomic mass is 16.3. The van der Waals surface area contributed by atoms with Crippen molar-refractivity contribution in [3.63, 3.8) is 0 Å². The molecule has 0 saturated carbocycles. The second-order valence-electron chi connectivity index (χ2n) is 5.52. The fraction of sp³-hybridized carbons (Fsp3) is 0.600. The predicted molar refractivity (Wildman–Crippen MR) is 74.7 cm³/mol. The van der Waals surface area contributed by atoms with E-state index >= 15 is 0 Å². The van der Waals surface area contributed by atoms with E-state index in [1.54, 1.807) is 0 Å². The number of rotatable bonds is 3. The van der Waals surface area contributed by atoms with E-state index in [4.69, 9.17) is 0 Å². The lowest BCUT2D eigenvalue weighted by Crippen LogP contribution is -2.50. The molecule has 0 spiro atoms. The largest absolute Gasteiger partial charge is 0.387 e. The minimum Gasteiger partial charge on any atom is -0.387 e. The Hall–Kier alpha value is -0.900. The van der Waals surface area contributed by atoms with Crippen molar-refractivity contribution in [2.24, 2.45) is 0 Å². The maximum Gasteiger partial charge on any atom is 0.0917 e. The van der Waals surface area contributed by atoms with Crippen LogP contribution in [0.4, 0.5) is 0 Å². The minimum atomic E-state index is -0.375. The Labute approximate surface area is 110 Å². The van der Waals surface area contributed by atoms with Crippen molar-refractivity contribution >= 4 is 0 Å². The average Bonchev–Trinajstić information content (AvgIpc) is 2.34. The summed E-state index contributed by atoms with van der Waals surface area (Å²) < 4.78 is 0. The van der Waals surface area contributed by atoms with E-state index in [0.717, 1.165) is 31.7 Å². The molecule has 3 nitrogen and oxygen atoms in total. The van der Waals surface area contributed by atoms with Gasteiger partial charge in [0.1, 0.15) is 0 Å². The number of piperazine rings is 1. The normalized spacial score (nSPS) is 24.1. The van der Waals surface area contributed by atoms with Crippen molar-refractivity contribution in [3.05, 3.63) is 35.4 Å². The topological polar surface area (TPSA) is 26.7 Å². The second-order valence-corrected chi connectivity index (χ2v) is 5.52. The van der Waals surface area contributed by atoms with Gasteiger partial charge in [0.15, 0.2) is 0 Å². The molecule has 1 aromatic rings. The van der Waals surface area contributed by atoms with E-state index in [1.165, 1.54) is 5.56 Å². The molecule has 0 radical (unpaired) electrons. The lowest BCUT2D eigenvalue weighted by molar-refractivity contribution is 0.0568. The van der Waals surface area contributed by atoms with Gasteiger partial charge in [-0.05, 0) is 26.5 Å². The van der Waals surface area contributed by atoms with E-state index in [1.807, 2.05) is 12.1 Å². The lowest BCUT2D eigenvalue weighted by atomic mass is 10.1. The van der Waals surface area contributed by atoms with Gasteiger partial charge < -0.3 is 10.0 Å². The first-order valence-corrected chi connectivity index (χ1v) is 6.73. The van der Waals surface area contributed by atoms with Crippen molar-refractivity contribution in [1.29, 1.82) is 0 Å². The highest BCUT2D eigenvalue weighted by Crippen LogP contribution is 2.17. The molecule has 2 unspecified atom stereocenters. The number of hydrogen-bond acceptors (Lipinski definition) is 3. The van der Waals surface area contributed by atoms with Crippen molar-refractivity contribution in [2.45, 2.75) is 26.0 Å². The lowest BCUT2D eigenvalue weighted by Gasteiger charge is -2.38. The van der Waals surface area contributed by atoms with E-state index < -0.39 is 0 Å². The Morgan fingerprint density at radius 2 is 2.17 bits per heavy atom.